The van der Waals surface area contributed by atoms with Crippen molar-refractivity contribution in [3.63, 3.8) is 0 Å². The molecule has 37 heavy (non-hydrogen) atoms. The summed E-state index contributed by atoms with van der Waals surface area (Å²) in [5, 5.41) is 0. The average molecular weight is 499 g/mol. The minimum atomic E-state index is -0.947. The zero-order chi connectivity index (χ0) is 25.8. The lowest BCUT2D eigenvalue weighted by Gasteiger charge is -2.27. The van der Waals surface area contributed by atoms with Gasteiger partial charge < -0.3 is 9.47 Å². The number of hydrogen-bond acceptors (Lipinski definition) is 2. The molecule has 4 heteroatoms. The van der Waals surface area contributed by atoms with E-state index < -0.39 is 11.6 Å². The van der Waals surface area contributed by atoms with Crippen molar-refractivity contribution in [3.05, 3.63) is 114 Å². The molecule has 0 spiro atoms. The topological polar surface area (TPSA) is 18.5 Å². The number of halogens is 2. The molecule has 190 valence electrons. The second-order valence-corrected chi connectivity index (χ2v) is 9.65. The van der Waals surface area contributed by atoms with Crippen LogP contribution in [0.25, 0.3) is 22.3 Å². The second kappa shape index (κ2) is 11.3. The maximum absolute atomic E-state index is 14.6. The molecule has 2 atom stereocenters. The van der Waals surface area contributed by atoms with Gasteiger partial charge in [0.15, 0.2) is 11.6 Å². The fourth-order valence-corrected chi connectivity index (χ4v) is 5.14. The van der Waals surface area contributed by atoms with Crippen molar-refractivity contribution in [3.8, 4) is 16.9 Å². The molecular weight excluding hydrogens is 466 g/mol. The van der Waals surface area contributed by atoms with Gasteiger partial charge in [-0.15, -0.1) is 6.58 Å². The van der Waals surface area contributed by atoms with Gasteiger partial charge in [0.25, 0.3) is 0 Å². The molecule has 1 aliphatic heterocycles. The number of hydrogen-bond donors (Lipinski definition) is 0. The smallest absolute Gasteiger partial charge is 0.201 e. The van der Waals surface area contributed by atoms with E-state index in [9.17, 15) is 8.78 Å². The van der Waals surface area contributed by atoms with Gasteiger partial charge in [-0.3, -0.25) is 0 Å². The van der Waals surface area contributed by atoms with E-state index in [-0.39, 0.29) is 24.0 Å². The molecule has 0 saturated carbocycles. The summed E-state index contributed by atoms with van der Waals surface area (Å²) in [6.07, 6.45) is 10.6. The summed E-state index contributed by atoms with van der Waals surface area (Å²) in [4.78, 5) is 0. The largest absolute Gasteiger partial charge is 0.491 e. The first-order valence-electron chi connectivity index (χ1n) is 13.0. The zero-order valence-corrected chi connectivity index (χ0v) is 21.2. The molecule has 0 aromatic heterocycles. The Bertz CT molecular complexity index is 1310. The molecule has 0 radical (unpaired) electrons. The molecule has 1 saturated heterocycles. The predicted molar refractivity (Wildman–Crippen MR) is 146 cm³/mol. The Labute approximate surface area is 217 Å². The van der Waals surface area contributed by atoms with E-state index in [1.54, 1.807) is 13.0 Å². The molecule has 0 amide bonds. The molecule has 3 aromatic carbocycles. The lowest BCUT2D eigenvalue weighted by Crippen LogP contribution is -2.19. The average Bonchev–Trinajstić information content (AvgIpc) is 2.96. The van der Waals surface area contributed by atoms with E-state index in [1.165, 1.54) is 28.3 Å². The summed E-state index contributed by atoms with van der Waals surface area (Å²) in [6.45, 7) is 6.66. The summed E-state index contributed by atoms with van der Waals surface area (Å²) in [5.41, 5.74) is 6.99. The first-order valence-corrected chi connectivity index (χ1v) is 13.0. The highest BCUT2D eigenvalue weighted by molar-refractivity contribution is 5.79. The van der Waals surface area contributed by atoms with Crippen LogP contribution in [0.2, 0.25) is 0 Å². The van der Waals surface area contributed by atoms with Gasteiger partial charge in [0.05, 0.1) is 19.3 Å². The summed E-state index contributed by atoms with van der Waals surface area (Å²) in [5.74, 6) is -1.42. The molecule has 3 aromatic rings. The van der Waals surface area contributed by atoms with Crippen LogP contribution in [0.3, 0.4) is 0 Å². The van der Waals surface area contributed by atoms with Crippen LogP contribution < -0.4 is 4.74 Å². The fraction of sp³-hybridized carbons (Fsp3) is 0.273. The Morgan fingerprint density at radius 2 is 1.46 bits per heavy atom. The first-order chi connectivity index (χ1) is 18.1. The van der Waals surface area contributed by atoms with Gasteiger partial charge in [-0.2, -0.15) is 4.39 Å². The van der Waals surface area contributed by atoms with E-state index in [4.69, 9.17) is 9.47 Å². The van der Waals surface area contributed by atoms with Gasteiger partial charge in [-0.25, -0.2) is 4.39 Å². The predicted octanol–water partition coefficient (Wildman–Crippen LogP) is 8.95. The van der Waals surface area contributed by atoms with Crippen LogP contribution in [0.4, 0.5) is 8.78 Å². The fourth-order valence-electron chi connectivity index (χ4n) is 5.14. The van der Waals surface area contributed by atoms with E-state index >= 15 is 0 Å². The number of ether oxygens (including phenoxy) is 2. The summed E-state index contributed by atoms with van der Waals surface area (Å²) < 4.78 is 40.1. The Hall–Kier alpha value is -3.50. The molecule has 0 bridgehead atoms. The molecule has 1 aliphatic carbocycles. The van der Waals surface area contributed by atoms with Crippen LogP contribution >= 0.6 is 0 Å². The third kappa shape index (κ3) is 5.45. The van der Waals surface area contributed by atoms with E-state index in [0.29, 0.717) is 11.5 Å². The lowest BCUT2D eigenvalue weighted by molar-refractivity contribution is -0.00514. The van der Waals surface area contributed by atoms with Crippen molar-refractivity contribution in [1.29, 1.82) is 0 Å². The first kappa shape index (κ1) is 25.2. The third-order valence-electron chi connectivity index (χ3n) is 7.36. The van der Waals surface area contributed by atoms with Crippen LogP contribution in [0.5, 0.6) is 5.75 Å². The maximum Gasteiger partial charge on any atom is 0.201 e. The molecule has 2 aliphatic rings. The normalized spacial score (nSPS) is 19.6. The number of allylic oxidation sites excluding steroid dienone is 4. The zero-order valence-electron chi connectivity index (χ0n) is 21.2. The molecule has 1 fully saturated rings. The van der Waals surface area contributed by atoms with Crippen LogP contribution in [0.15, 0.2) is 85.5 Å². The maximum atomic E-state index is 14.6. The minimum Gasteiger partial charge on any atom is -0.491 e. The molecular formula is C33H32F2O2. The Morgan fingerprint density at radius 3 is 2.00 bits per heavy atom. The number of rotatable bonds is 7. The molecule has 2 unspecified atom stereocenters. The van der Waals surface area contributed by atoms with Crippen molar-refractivity contribution in [2.24, 2.45) is 5.92 Å². The van der Waals surface area contributed by atoms with Gasteiger partial charge in [0.1, 0.15) is 0 Å². The van der Waals surface area contributed by atoms with Crippen LogP contribution in [0, 0.1) is 17.6 Å². The monoisotopic (exact) mass is 498 g/mol. The highest BCUT2D eigenvalue weighted by atomic mass is 19.2. The molecule has 1 heterocycles. The quantitative estimate of drug-likeness (QED) is 0.303. The minimum absolute atomic E-state index is 0.0612. The van der Waals surface area contributed by atoms with Gasteiger partial charge in [-0.1, -0.05) is 66.8 Å². The van der Waals surface area contributed by atoms with Gasteiger partial charge in [0.2, 0.25) is 5.82 Å². The van der Waals surface area contributed by atoms with E-state index in [1.807, 2.05) is 30.3 Å². The van der Waals surface area contributed by atoms with Crippen molar-refractivity contribution < 1.29 is 18.3 Å². The van der Waals surface area contributed by atoms with Gasteiger partial charge in [-0.05, 0) is 78.1 Å². The van der Waals surface area contributed by atoms with Crippen molar-refractivity contribution in [2.45, 2.75) is 38.7 Å². The molecule has 0 N–H and O–H groups in total. The van der Waals surface area contributed by atoms with Crippen molar-refractivity contribution in [2.75, 3.05) is 13.2 Å². The van der Waals surface area contributed by atoms with Crippen molar-refractivity contribution >= 4 is 11.1 Å². The van der Waals surface area contributed by atoms with Crippen LogP contribution in [-0.4, -0.2) is 13.2 Å². The van der Waals surface area contributed by atoms with Crippen LogP contribution in [0.1, 0.15) is 55.4 Å². The summed E-state index contributed by atoms with van der Waals surface area (Å²) >= 11 is 0. The molecule has 5 rings (SSSR count). The standard InChI is InChI=1S/C33H32F2O2/c1-3-22-5-19-30(37-21-22)28-16-12-26(13-17-28)24-8-6-23(7-9-24)25-10-14-27(15-11-25)29-18-20-31(36-4-2)33(35)32(29)34/h3,6,8,10-18,20,22,30H,1,4-5,7,9,19,21H2,2H3. The number of benzene rings is 3. The SMILES string of the molecule is C=CC1CCC(c2ccc(C3=CC=C(c4ccc(-c5ccc(OCC)c(F)c5F)cc4)CC3)cc2)OC1. The summed E-state index contributed by atoms with van der Waals surface area (Å²) in [6, 6.07) is 19.5. The van der Waals surface area contributed by atoms with E-state index in [0.717, 1.165) is 37.9 Å². The van der Waals surface area contributed by atoms with Crippen molar-refractivity contribution in [1.82, 2.24) is 0 Å². The molecule has 2 nitrogen and oxygen atoms in total. The Kier molecular flexibility index (Phi) is 7.66. The Morgan fingerprint density at radius 1 is 0.838 bits per heavy atom. The highest BCUT2D eigenvalue weighted by Gasteiger charge is 2.21. The highest BCUT2D eigenvalue weighted by Crippen LogP contribution is 2.36. The lowest BCUT2D eigenvalue weighted by atomic mass is 9.88. The third-order valence-corrected chi connectivity index (χ3v) is 7.36. The van der Waals surface area contributed by atoms with Gasteiger partial charge in [0, 0.05) is 11.5 Å². The van der Waals surface area contributed by atoms with Gasteiger partial charge >= 0.3 is 0 Å². The second-order valence-electron chi connectivity index (χ2n) is 9.65. The van der Waals surface area contributed by atoms with E-state index in [2.05, 4.69) is 43.0 Å². The summed E-state index contributed by atoms with van der Waals surface area (Å²) in [7, 11) is 0. The van der Waals surface area contributed by atoms with Crippen LogP contribution in [-0.2, 0) is 4.74 Å². The Balaban J connectivity index is 1.27.